The van der Waals surface area contributed by atoms with Crippen LogP contribution in [0.4, 0.5) is 0 Å². The van der Waals surface area contributed by atoms with E-state index in [-0.39, 0.29) is 49.4 Å². The maximum Gasteiger partial charge on any atom is 2.00 e. The van der Waals surface area contributed by atoms with E-state index in [1.165, 1.54) is 0 Å². The Bertz CT molecular complexity index is 188. The quantitative estimate of drug-likeness (QED) is 0.693. The molecule has 0 unspecified atom stereocenters. The monoisotopic (exact) mass is 309 g/mol. The number of nitrogens with zero attached hydrogens (tertiary/aromatic N) is 2. The van der Waals surface area contributed by atoms with Gasteiger partial charge in [0.1, 0.15) is 0 Å². The molecule has 0 N–H and O–H groups in total. The van der Waals surface area contributed by atoms with E-state index >= 15 is 0 Å². The van der Waals surface area contributed by atoms with Gasteiger partial charge in [-0.3, -0.25) is 0 Å². The van der Waals surface area contributed by atoms with Gasteiger partial charge in [0.05, 0.1) is 0 Å². The van der Waals surface area contributed by atoms with Crippen LogP contribution in [-0.4, -0.2) is 9.97 Å². The summed E-state index contributed by atoms with van der Waals surface area (Å²) in [6.45, 7) is 0. The first-order chi connectivity index (χ1) is 6.00. The summed E-state index contributed by atoms with van der Waals surface area (Å²) in [7, 11) is 0. The molecule has 0 aliphatic carbocycles. The Morgan fingerprint density at radius 3 is 1.23 bits per heavy atom. The van der Waals surface area contributed by atoms with Crippen LogP contribution in [0.1, 0.15) is 0 Å². The molecule has 0 spiro atoms. The first-order valence-corrected chi connectivity index (χ1v) is 3.54. The predicted molar refractivity (Wildman–Crippen MR) is 46.1 cm³/mol. The number of hydrogen-bond acceptors (Lipinski definition) is 2. The van der Waals surface area contributed by atoms with Gasteiger partial charge in [0, 0.05) is 0 Å². The molecular weight excluding hydrogens is 300 g/mol. The summed E-state index contributed by atoms with van der Waals surface area (Å²) in [6, 6.07) is 11.0. The van der Waals surface area contributed by atoms with Gasteiger partial charge in [0.25, 0.3) is 0 Å². The van der Waals surface area contributed by atoms with Gasteiger partial charge in [-0.15, -0.1) is 0 Å². The molecule has 13 heavy (non-hydrogen) atoms. The van der Waals surface area contributed by atoms with Crippen LogP contribution in [0.15, 0.2) is 48.8 Å². The minimum absolute atomic E-state index is 0. The van der Waals surface area contributed by atoms with Gasteiger partial charge in [0.15, 0.2) is 0 Å². The first kappa shape index (κ1) is 12.9. The van der Waals surface area contributed by atoms with E-state index in [0.717, 1.165) is 0 Å². The molecule has 0 aromatic carbocycles. The maximum absolute atomic E-state index is 3.66. The maximum atomic E-state index is 3.66. The fourth-order valence-electron chi connectivity index (χ4n) is 0.555. The first-order valence-electron chi connectivity index (χ1n) is 3.54. The molecule has 0 saturated heterocycles. The van der Waals surface area contributed by atoms with E-state index < -0.39 is 0 Å². The normalized spacial score (nSPS) is 7.38. The van der Waals surface area contributed by atoms with Gasteiger partial charge in [-0.2, -0.15) is 36.4 Å². The van der Waals surface area contributed by atoms with E-state index in [9.17, 15) is 0 Å². The van der Waals surface area contributed by atoms with Gasteiger partial charge < -0.3 is 9.97 Å². The minimum atomic E-state index is 0. The summed E-state index contributed by atoms with van der Waals surface area (Å²) in [5.74, 6) is 0. The fourth-order valence-corrected chi connectivity index (χ4v) is 0.555. The van der Waals surface area contributed by atoms with Gasteiger partial charge in [-0.1, -0.05) is 24.8 Å². The third kappa shape index (κ3) is 8.22. The second-order valence-corrected chi connectivity index (χ2v) is 1.92. The van der Waals surface area contributed by atoms with Crippen molar-refractivity contribution in [1.82, 2.24) is 9.97 Å². The van der Waals surface area contributed by atoms with E-state index in [4.69, 9.17) is 0 Å². The minimum Gasteiger partial charge on any atom is -0.394 e. The SMILES string of the molecule is [Eu+2].[c-]1ccccn1.[c-]1ccccn1. The molecule has 0 saturated carbocycles. The average molecular weight is 308 g/mol. The van der Waals surface area contributed by atoms with Crippen molar-refractivity contribution >= 4 is 0 Å². The van der Waals surface area contributed by atoms with Crippen molar-refractivity contribution in [3.05, 3.63) is 61.2 Å². The second-order valence-electron chi connectivity index (χ2n) is 1.92. The second kappa shape index (κ2) is 9.97. The van der Waals surface area contributed by atoms with Gasteiger partial charge in [0.2, 0.25) is 0 Å². The molecule has 2 aromatic heterocycles. The molecular formula is C10H8EuN2. The number of aromatic nitrogens is 2. The molecule has 0 amide bonds. The largest absolute Gasteiger partial charge is 2.00 e. The van der Waals surface area contributed by atoms with E-state index in [1.807, 2.05) is 24.3 Å². The van der Waals surface area contributed by atoms with Crippen molar-refractivity contribution in [2.45, 2.75) is 0 Å². The molecule has 3 heteroatoms. The number of pyridine rings is 2. The van der Waals surface area contributed by atoms with Crippen LogP contribution in [-0.2, 0) is 0 Å². The van der Waals surface area contributed by atoms with Crippen LogP contribution in [0.3, 0.4) is 0 Å². The molecule has 2 aromatic rings. The van der Waals surface area contributed by atoms with Crippen molar-refractivity contribution in [2.75, 3.05) is 0 Å². The Kier molecular flexibility index (Phi) is 9.88. The summed E-state index contributed by atoms with van der Waals surface area (Å²) in [6.07, 6.45) is 8.67. The van der Waals surface area contributed by atoms with Crippen molar-refractivity contribution in [1.29, 1.82) is 0 Å². The summed E-state index contributed by atoms with van der Waals surface area (Å²) >= 11 is 0. The Morgan fingerprint density at radius 1 is 0.692 bits per heavy atom. The summed E-state index contributed by atoms with van der Waals surface area (Å²) in [5, 5.41) is 0. The molecule has 0 aliphatic heterocycles. The molecule has 0 bridgehead atoms. The molecule has 2 heterocycles. The molecule has 0 aliphatic rings. The van der Waals surface area contributed by atoms with Crippen molar-refractivity contribution in [3.63, 3.8) is 0 Å². The third-order valence-corrected chi connectivity index (χ3v) is 1.03. The van der Waals surface area contributed by atoms with Gasteiger partial charge >= 0.3 is 49.4 Å². The molecule has 65 valence electrons. The van der Waals surface area contributed by atoms with Crippen molar-refractivity contribution in [3.8, 4) is 0 Å². The smallest absolute Gasteiger partial charge is 0.394 e. The van der Waals surface area contributed by atoms with Crippen molar-refractivity contribution < 1.29 is 49.4 Å². The topological polar surface area (TPSA) is 25.8 Å². The third-order valence-electron chi connectivity index (χ3n) is 1.03. The van der Waals surface area contributed by atoms with E-state index in [2.05, 4.69) is 22.4 Å². The van der Waals surface area contributed by atoms with E-state index in [0.29, 0.717) is 0 Å². The zero-order chi connectivity index (χ0) is 8.49. The zero-order valence-corrected chi connectivity index (χ0v) is 9.32. The van der Waals surface area contributed by atoms with Crippen molar-refractivity contribution in [2.24, 2.45) is 0 Å². The summed E-state index contributed by atoms with van der Waals surface area (Å²) in [5.41, 5.74) is 0. The van der Waals surface area contributed by atoms with Crippen LogP contribution in [0.25, 0.3) is 0 Å². The van der Waals surface area contributed by atoms with Crippen LogP contribution in [0.2, 0.25) is 0 Å². The standard InChI is InChI=1S/2C5H4N.Eu/c2*1-2-4-6-5-3-1;/h2*1-4H;/q2*-1;+2. The Labute approximate surface area is 119 Å². The van der Waals surface area contributed by atoms with Crippen LogP contribution < -0.4 is 0 Å². The molecule has 1 radical (unpaired) electrons. The molecule has 2 rings (SSSR count). The Morgan fingerprint density at radius 2 is 1.15 bits per heavy atom. The fraction of sp³-hybridized carbons (Fsp3) is 0. The number of hydrogen-bond donors (Lipinski definition) is 0. The Hall–Kier alpha value is -0.116. The van der Waals surface area contributed by atoms with Crippen LogP contribution >= 0.6 is 0 Å². The Balaban J connectivity index is 0.000000206. The summed E-state index contributed by atoms with van der Waals surface area (Å²) in [4.78, 5) is 7.32. The number of rotatable bonds is 0. The zero-order valence-electron chi connectivity index (χ0n) is 6.89. The summed E-state index contributed by atoms with van der Waals surface area (Å²) < 4.78 is 0. The molecule has 2 nitrogen and oxygen atoms in total. The van der Waals surface area contributed by atoms with E-state index in [1.54, 1.807) is 24.5 Å². The average Bonchev–Trinajstić information content (AvgIpc) is 2.24. The molecule has 0 atom stereocenters. The van der Waals surface area contributed by atoms with Gasteiger partial charge in [-0.25, -0.2) is 0 Å². The van der Waals surface area contributed by atoms with Crippen LogP contribution in [0, 0.1) is 61.8 Å². The molecule has 0 fully saturated rings. The van der Waals surface area contributed by atoms with Crippen LogP contribution in [0.5, 0.6) is 0 Å². The van der Waals surface area contributed by atoms with Gasteiger partial charge in [-0.05, 0) is 0 Å². The predicted octanol–water partition coefficient (Wildman–Crippen LogP) is 1.76.